The summed E-state index contributed by atoms with van der Waals surface area (Å²) in [4.78, 5) is 0.779. The number of halogens is 3. The molecule has 0 bridgehead atoms. The molecule has 0 amide bonds. The fourth-order valence-corrected chi connectivity index (χ4v) is 2.17. The van der Waals surface area contributed by atoms with Crippen molar-refractivity contribution in [3.05, 3.63) is 51.7 Å². The van der Waals surface area contributed by atoms with Crippen LogP contribution in [0, 0.1) is 11.6 Å². The Kier molecular flexibility index (Phi) is 4.45. The first-order valence-electron chi connectivity index (χ1n) is 4.57. The zero-order valence-corrected chi connectivity index (χ0v) is 10.2. The van der Waals surface area contributed by atoms with Crippen molar-refractivity contribution >= 4 is 23.7 Å². The zero-order valence-electron chi connectivity index (χ0n) is 8.56. The molecular formula is C11H10ClF2NOS. The van der Waals surface area contributed by atoms with Gasteiger partial charge in [-0.3, -0.25) is 0 Å². The fourth-order valence-electron chi connectivity index (χ4n) is 1.43. The molecule has 0 spiro atoms. The van der Waals surface area contributed by atoms with Crippen LogP contribution in [0.15, 0.2) is 29.6 Å². The van der Waals surface area contributed by atoms with E-state index in [1.54, 1.807) is 12.1 Å². The molecule has 0 saturated heterocycles. The number of aromatic hydroxyl groups is 1. The van der Waals surface area contributed by atoms with Crippen LogP contribution in [0.3, 0.4) is 0 Å². The second kappa shape index (κ2) is 5.44. The number of phenolic OH excluding ortho intramolecular Hbond substituents is 1. The molecule has 0 unspecified atom stereocenters. The highest BCUT2D eigenvalue weighted by Crippen LogP contribution is 2.32. The molecule has 0 aliphatic carbocycles. The van der Waals surface area contributed by atoms with Crippen molar-refractivity contribution in [1.29, 1.82) is 0 Å². The van der Waals surface area contributed by atoms with Crippen LogP contribution in [-0.4, -0.2) is 5.11 Å². The predicted octanol–water partition coefficient (Wildman–Crippen LogP) is 3.20. The minimum absolute atomic E-state index is 0. The van der Waals surface area contributed by atoms with Gasteiger partial charge in [-0.05, 0) is 17.5 Å². The number of thiophene rings is 1. The Morgan fingerprint density at radius 2 is 1.94 bits per heavy atom. The number of nitrogens with two attached hydrogens (primary N) is 1. The summed E-state index contributed by atoms with van der Waals surface area (Å²) in [6, 6.07) is 5.18. The van der Waals surface area contributed by atoms with E-state index >= 15 is 0 Å². The molecular weight excluding hydrogens is 268 g/mol. The van der Waals surface area contributed by atoms with E-state index in [4.69, 9.17) is 5.73 Å². The lowest BCUT2D eigenvalue weighted by Gasteiger charge is -2.12. The van der Waals surface area contributed by atoms with Crippen molar-refractivity contribution in [3.8, 4) is 5.75 Å². The molecule has 1 aromatic heterocycles. The monoisotopic (exact) mass is 277 g/mol. The molecule has 0 saturated carbocycles. The average molecular weight is 278 g/mol. The summed E-state index contributed by atoms with van der Waals surface area (Å²) in [6.45, 7) is 0. The highest BCUT2D eigenvalue weighted by Gasteiger charge is 2.19. The maximum atomic E-state index is 13.1. The molecule has 2 nitrogen and oxygen atoms in total. The van der Waals surface area contributed by atoms with Gasteiger partial charge in [-0.1, -0.05) is 12.1 Å². The first-order valence-corrected chi connectivity index (χ1v) is 5.45. The van der Waals surface area contributed by atoms with Gasteiger partial charge in [0.05, 0.1) is 6.04 Å². The molecule has 92 valence electrons. The fraction of sp³-hybridized carbons (Fsp3) is 0.0909. The Balaban J connectivity index is 0.00000144. The van der Waals surface area contributed by atoms with E-state index < -0.39 is 23.4 Å². The van der Waals surface area contributed by atoms with Crippen molar-refractivity contribution in [2.24, 2.45) is 5.73 Å². The third-order valence-corrected chi connectivity index (χ3v) is 3.24. The molecule has 2 rings (SSSR count). The summed E-state index contributed by atoms with van der Waals surface area (Å²) < 4.78 is 25.9. The van der Waals surface area contributed by atoms with Crippen molar-refractivity contribution in [2.75, 3.05) is 0 Å². The zero-order chi connectivity index (χ0) is 11.7. The van der Waals surface area contributed by atoms with Gasteiger partial charge in [-0.15, -0.1) is 23.7 Å². The lowest BCUT2D eigenvalue weighted by Crippen LogP contribution is -2.11. The van der Waals surface area contributed by atoms with Crippen molar-refractivity contribution in [3.63, 3.8) is 0 Å². The lowest BCUT2D eigenvalue weighted by molar-refractivity contribution is 0.399. The van der Waals surface area contributed by atoms with Crippen LogP contribution in [-0.2, 0) is 0 Å². The summed E-state index contributed by atoms with van der Waals surface area (Å²) in [6.07, 6.45) is 0. The number of phenols is 1. The van der Waals surface area contributed by atoms with Crippen molar-refractivity contribution in [2.45, 2.75) is 6.04 Å². The van der Waals surface area contributed by atoms with Crippen LogP contribution in [0.2, 0.25) is 0 Å². The highest BCUT2D eigenvalue weighted by molar-refractivity contribution is 7.10. The topological polar surface area (TPSA) is 46.2 Å². The SMILES string of the molecule is Cl.N[C@@H](c1cccs1)c1ccc(F)c(F)c1O. The Morgan fingerprint density at radius 3 is 2.53 bits per heavy atom. The number of benzene rings is 1. The molecule has 0 aliphatic heterocycles. The van der Waals surface area contributed by atoms with Gasteiger partial charge < -0.3 is 10.8 Å². The van der Waals surface area contributed by atoms with Gasteiger partial charge >= 0.3 is 0 Å². The molecule has 1 atom stereocenters. The van der Waals surface area contributed by atoms with Gasteiger partial charge in [-0.25, -0.2) is 4.39 Å². The third-order valence-electron chi connectivity index (χ3n) is 2.29. The summed E-state index contributed by atoms with van der Waals surface area (Å²) in [5, 5.41) is 11.3. The number of rotatable bonds is 2. The van der Waals surface area contributed by atoms with Crippen molar-refractivity contribution in [1.82, 2.24) is 0 Å². The Bertz CT molecular complexity index is 504. The van der Waals surface area contributed by atoms with Gasteiger partial charge in [0.2, 0.25) is 5.82 Å². The molecule has 0 fully saturated rings. The maximum Gasteiger partial charge on any atom is 0.200 e. The largest absolute Gasteiger partial charge is 0.505 e. The first kappa shape index (κ1) is 13.9. The minimum atomic E-state index is -1.26. The van der Waals surface area contributed by atoms with Crippen LogP contribution in [0.25, 0.3) is 0 Å². The summed E-state index contributed by atoms with van der Waals surface area (Å²) in [5.41, 5.74) is 6.02. The summed E-state index contributed by atoms with van der Waals surface area (Å²) >= 11 is 1.39. The Hall–Kier alpha value is -1.17. The minimum Gasteiger partial charge on any atom is -0.505 e. The van der Waals surface area contributed by atoms with Gasteiger partial charge in [0.1, 0.15) is 0 Å². The van der Waals surface area contributed by atoms with Crippen LogP contribution in [0.5, 0.6) is 5.75 Å². The average Bonchev–Trinajstić information content (AvgIpc) is 2.79. The van der Waals surface area contributed by atoms with E-state index in [9.17, 15) is 13.9 Å². The molecule has 2 aromatic rings. The van der Waals surface area contributed by atoms with E-state index in [2.05, 4.69) is 0 Å². The number of hydrogen-bond acceptors (Lipinski definition) is 3. The molecule has 3 N–H and O–H groups in total. The molecule has 0 aliphatic rings. The Labute approximate surface area is 107 Å². The van der Waals surface area contributed by atoms with Gasteiger partial charge in [-0.2, -0.15) is 4.39 Å². The van der Waals surface area contributed by atoms with Crippen LogP contribution in [0.1, 0.15) is 16.5 Å². The van der Waals surface area contributed by atoms with Gasteiger partial charge in [0.15, 0.2) is 11.6 Å². The predicted molar refractivity (Wildman–Crippen MR) is 65.6 cm³/mol. The van der Waals surface area contributed by atoms with E-state index in [0.29, 0.717) is 0 Å². The van der Waals surface area contributed by atoms with Gasteiger partial charge in [0.25, 0.3) is 0 Å². The lowest BCUT2D eigenvalue weighted by atomic mass is 10.0. The molecule has 17 heavy (non-hydrogen) atoms. The normalized spacial score (nSPS) is 11.9. The molecule has 1 aromatic carbocycles. The second-order valence-corrected chi connectivity index (χ2v) is 4.27. The first-order chi connectivity index (χ1) is 7.61. The second-order valence-electron chi connectivity index (χ2n) is 3.29. The van der Waals surface area contributed by atoms with Crippen molar-refractivity contribution < 1.29 is 13.9 Å². The third kappa shape index (κ3) is 2.57. The van der Waals surface area contributed by atoms with E-state index in [-0.39, 0.29) is 18.0 Å². The molecule has 0 radical (unpaired) electrons. The van der Waals surface area contributed by atoms with Gasteiger partial charge in [0, 0.05) is 10.4 Å². The molecule has 6 heteroatoms. The molecule has 1 heterocycles. The number of hydrogen-bond donors (Lipinski definition) is 2. The van der Waals surface area contributed by atoms with E-state index in [1.807, 2.05) is 5.38 Å². The highest BCUT2D eigenvalue weighted by atomic mass is 35.5. The van der Waals surface area contributed by atoms with Crippen LogP contribution in [0.4, 0.5) is 8.78 Å². The Morgan fingerprint density at radius 1 is 1.24 bits per heavy atom. The van der Waals surface area contributed by atoms with E-state index in [1.165, 1.54) is 17.4 Å². The summed E-state index contributed by atoms with van der Waals surface area (Å²) in [5.74, 6) is -3.06. The van der Waals surface area contributed by atoms with E-state index in [0.717, 1.165) is 10.9 Å². The summed E-state index contributed by atoms with van der Waals surface area (Å²) in [7, 11) is 0. The standard InChI is InChI=1S/C11H9F2NOS.ClH/c12-7-4-3-6(11(15)9(7)13)10(14)8-2-1-5-16-8;/h1-5,10,15H,14H2;1H/t10-;/m1./s1. The van der Waals surface area contributed by atoms with Crippen LogP contribution >= 0.6 is 23.7 Å². The quantitative estimate of drug-likeness (QED) is 0.885. The maximum absolute atomic E-state index is 13.1. The van der Waals surface area contributed by atoms with Crippen LogP contribution < -0.4 is 5.73 Å². The smallest absolute Gasteiger partial charge is 0.200 e.